The second-order valence-electron chi connectivity index (χ2n) is 23.8. The topological polar surface area (TPSA) is 486 Å². The molecular formula is C51H84N6O29P4S2Si2-4. The van der Waals surface area contributed by atoms with Crippen LogP contribution in [0.2, 0.25) is 22.2 Å². The van der Waals surface area contributed by atoms with E-state index in [-0.39, 0.29) is 78.1 Å². The molecule has 0 aromatic carbocycles. The smallest absolute Gasteiger partial charge is 0.335 e. The Bertz CT molecular complexity index is 3570. The number of aryl methyl sites for hydroxylation is 3. The third kappa shape index (κ3) is 22.2. The van der Waals surface area contributed by atoms with Crippen molar-refractivity contribution in [3.05, 3.63) is 97.8 Å². The molecule has 13 unspecified atom stereocenters. The van der Waals surface area contributed by atoms with Gasteiger partial charge in [0.2, 0.25) is 0 Å². The third-order valence-electron chi connectivity index (χ3n) is 15.5. The van der Waals surface area contributed by atoms with Crippen LogP contribution in [0.1, 0.15) is 129 Å². The Balaban J connectivity index is 1.23. The van der Waals surface area contributed by atoms with Crippen molar-refractivity contribution in [1.82, 2.24) is 28.7 Å². The van der Waals surface area contributed by atoms with E-state index in [9.17, 15) is 71.5 Å². The van der Waals surface area contributed by atoms with Crippen LogP contribution in [-0.4, -0.2) is 150 Å². The molecule has 3 aliphatic heterocycles. The van der Waals surface area contributed by atoms with Gasteiger partial charge in [0.15, 0.2) is 0 Å². The highest BCUT2D eigenvalue weighted by Gasteiger charge is 2.58. The number of hydrogen-bond acceptors (Lipinski definition) is 30. The molecule has 3 saturated heterocycles. The lowest BCUT2D eigenvalue weighted by molar-refractivity contribution is -0.238. The minimum atomic E-state index is -5.68. The zero-order valence-electron chi connectivity index (χ0n) is 53.7. The summed E-state index contributed by atoms with van der Waals surface area (Å²) >= 11 is 0. The van der Waals surface area contributed by atoms with Gasteiger partial charge < -0.3 is 88.4 Å². The van der Waals surface area contributed by atoms with E-state index in [1.807, 2.05) is 60.4 Å². The van der Waals surface area contributed by atoms with Gasteiger partial charge in [0.05, 0.1) is 51.3 Å². The number of phosphoric acid groups is 4. The van der Waals surface area contributed by atoms with E-state index >= 15 is 0 Å². The van der Waals surface area contributed by atoms with Gasteiger partial charge in [-0.25, -0.2) is 14.4 Å². The van der Waals surface area contributed by atoms with Crippen LogP contribution in [0, 0.1) is 20.8 Å². The van der Waals surface area contributed by atoms with Crippen molar-refractivity contribution in [2.45, 2.75) is 192 Å². The molecule has 6 rings (SSSR count). The molecule has 5 N–H and O–H groups in total. The predicted molar refractivity (Wildman–Crippen MR) is 336 cm³/mol. The Labute approximate surface area is 550 Å². The number of nitrogens with zero attached hydrogens (tertiary/aromatic N) is 3. The Hall–Kier alpha value is -2.67. The lowest BCUT2D eigenvalue weighted by Gasteiger charge is -2.49. The standard InChI is InChI=1S/C51H88N6O29P4S2Si2/c1-30(2)93(31(3)4,79-18-13-16-74-88(68,69)75-17-14-20-92-91-19-12-15-58)86-94(32(5)6,33(7)8)85-39-23-45(57-26-36(11)48(61)54-51(57)64)82-42(39)29-78-90(72,73)84-38-22-44(56-25-35(10)47(60)53-50(56)63)81-41(38)28-77-89(70,71)83-37-21-43(80-40(37)27-76-87(65,66)67)55-24-34(9)46(59)52-49(55)62/h24-26,30-33,37-45,58H,12-23,27-29H2,1-11H3,(H,68,69)(H,70,71)(H,72,73)(H,52,59,62)(H,53,60,63)(H,54,61,64)(H2,65,66,67)/p-4. The highest BCUT2D eigenvalue weighted by molar-refractivity contribution is 8.76. The van der Waals surface area contributed by atoms with Gasteiger partial charge in [-0.3, -0.25) is 61.3 Å². The number of aliphatic hydroxyl groups is 1. The molecule has 3 fully saturated rings. The zero-order chi connectivity index (χ0) is 69.9. The van der Waals surface area contributed by atoms with Crippen LogP contribution < -0.4 is 53.3 Å². The van der Waals surface area contributed by atoms with Gasteiger partial charge >= 0.3 is 34.2 Å². The molecule has 3 aromatic rings. The molecule has 0 aliphatic carbocycles. The number of hydrogen-bond donors (Lipinski definition) is 5. The molecule has 35 nitrogen and oxygen atoms in total. The predicted octanol–water partition coefficient (Wildman–Crippen LogP) is 2.63. The molecule has 0 bridgehead atoms. The van der Waals surface area contributed by atoms with Gasteiger partial charge in [0, 0.05) is 79.3 Å². The molecule has 43 heteroatoms. The zero-order valence-corrected chi connectivity index (χ0v) is 60.9. The van der Waals surface area contributed by atoms with Crippen molar-refractivity contribution in [3.63, 3.8) is 0 Å². The van der Waals surface area contributed by atoms with Crippen molar-refractivity contribution in [1.29, 1.82) is 0 Å². The molecule has 0 saturated carbocycles. The van der Waals surface area contributed by atoms with Gasteiger partial charge in [-0.05, 0) is 62.2 Å². The van der Waals surface area contributed by atoms with E-state index in [2.05, 4.69) is 14.5 Å². The molecule has 3 aromatic heterocycles. The quantitative estimate of drug-likeness (QED) is 0.0237. The highest BCUT2D eigenvalue weighted by atomic mass is 33.1. The summed E-state index contributed by atoms with van der Waals surface area (Å²) in [7, 11) is -25.6. The molecule has 94 heavy (non-hydrogen) atoms. The van der Waals surface area contributed by atoms with Gasteiger partial charge in [0.25, 0.3) is 48.0 Å². The summed E-state index contributed by atoms with van der Waals surface area (Å²) < 4.78 is 131. The van der Waals surface area contributed by atoms with Crippen LogP contribution in [0.4, 0.5) is 0 Å². The first-order chi connectivity index (χ1) is 43.8. The summed E-state index contributed by atoms with van der Waals surface area (Å²) in [6.07, 6.45) is -10.0. The first-order valence-electron chi connectivity index (χ1n) is 30.2. The molecule has 0 amide bonds. The average molecular weight is 1490 g/mol. The molecule has 3 aliphatic rings. The lowest BCUT2D eigenvalue weighted by Crippen LogP contribution is -2.62. The minimum Gasteiger partial charge on any atom is -0.756 e. The molecule has 6 heterocycles. The monoisotopic (exact) mass is 1490 g/mol. The highest BCUT2D eigenvalue weighted by Crippen LogP contribution is 2.51. The fraction of sp³-hybridized carbons (Fsp3) is 0.765. The first-order valence-corrected chi connectivity index (χ1v) is 42.5. The molecular weight excluding hydrogens is 1400 g/mol. The minimum absolute atomic E-state index is 0.00769. The number of H-pyrrole nitrogens is 3. The van der Waals surface area contributed by atoms with Gasteiger partial charge in [-0.15, -0.1) is 0 Å². The van der Waals surface area contributed by atoms with E-state index in [1.54, 1.807) is 21.6 Å². The number of aliphatic hydroxyl groups excluding tert-OH is 1. The van der Waals surface area contributed by atoms with Crippen molar-refractivity contribution in [2.24, 2.45) is 0 Å². The second-order valence-corrected chi connectivity index (χ2v) is 40.7. The number of phosphoric ester groups is 4. The Morgan fingerprint density at radius 3 is 1.28 bits per heavy atom. The van der Waals surface area contributed by atoms with Crippen LogP contribution in [0.5, 0.6) is 0 Å². The maximum atomic E-state index is 14.3. The van der Waals surface area contributed by atoms with Gasteiger partial charge in [-0.1, -0.05) is 77.0 Å². The number of nitrogens with one attached hydrogen (secondary N) is 3. The first kappa shape index (κ1) is 80.3. The Morgan fingerprint density at radius 1 is 0.532 bits per heavy atom. The summed E-state index contributed by atoms with van der Waals surface area (Å²) in [5.74, 6) is 1.39. The maximum Gasteiger partial charge on any atom is 0.335 e. The SMILES string of the molecule is Cc1cn(C2CC(O[Si](O[Si](OCCCOP(=O)([O-])OCCCSSCCCO)(C(C)C)C(C)C)(C(C)C)C(C)C)C(COP(=O)([O-])OC3CC(n4cc(C)c(=O)[nH]c4=O)OC3COP(=O)([O-])OC3CC(n4cc(C)c(=O)[nH]c4=O)OC3COP(=O)([O-])O)O2)c(=O)[nH]c1=O. The van der Waals surface area contributed by atoms with Crippen LogP contribution in [-0.2, 0) is 77.1 Å². The summed E-state index contributed by atoms with van der Waals surface area (Å²) in [4.78, 5) is 144. The summed E-state index contributed by atoms with van der Waals surface area (Å²) in [5, 5.41) is 8.95. The molecule has 13 atom stereocenters. The van der Waals surface area contributed by atoms with E-state index in [0.29, 0.717) is 18.6 Å². The van der Waals surface area contributed by atoms with Gasteiger partial charge in [0.1, 0.15) is 37.0 Å². The fourth-order valence-corrected chi connectivity index (χ4v) is 27.1. The van der Waals surface area contributed by atoms with Crippen molar-refractivity contribution in [2.75, 3.05) is 57.8 Å². The van der Waals surface area contributed by atoms with Crippen molar-refractivity contribution < 1.29 is 107 Å². The Morgan fingerprint density at radius 2 is 0.894 bits per heavy atom. The fourth-order valence-electron chi connectivity index (χ4n) is 10.7. The number of aromatic nitrogens is 6. The van der Waals surface area contributed by atoms with Crippen molar-refractivity contribution in [3.8, 4) is 0 Å². The van der Waals surface area contributed by atoms with Crippen LogP contribution in [0.3, 0.4) is 0 Å². The number of rotatable bonds is 39. The van der Waals surface area contributed by atoms with E-state index in [4.69, 9.17) is 59.4 Å². The summed E-state index contributed by atoms with van der Waals surface area (Å²) in [6, 6.07) is 0. The number of ether oxygens (including phenoxy) is 3. The lowest BCUT2D eigenvalue weighted by atomic mass is 10.2. The van der Waals surface area contributed by atoms with Crippen LogP contribution >= 0.6 is 52.9 Å². The van der Waals surface area contributed by atoms with E-state index in [1.165, 1.54) is 27.0 Å². The van der Waals surface area contributed by atoms with Crippen LogP contribution in [0.25, 0.3) is 0 Å². The summed E-state index contributed by atoms with van der Waals surface area (Å²) in [5.41, 5.74) is -6.15. The largest absolute Gasteiger partial charge is 0.756 e. The van der Waals surface area contributed by atoms with Crippen LogP contribution in [0.15, 0.2) is 47.4 Å². The van der Waals surface area contributed by atoms with Crippen molar-refractivity contribution >= 4 is 70.0 Å². The average Bonchev–Trinajstić information content (AvgIpc) is 1.14. The Kier molecular flexibility index (Phi) is 29.6. The van der Waals surface area contributed by atoms with Gasteiger partial charge in [-0.2, -0.15) is 0 Å². The third-order valence-corrected chi connectivity index (χ3v) is 31.8. The number of aromatic amines is 3. The molecule has 536 valence electrons. The molecule has 0 spiro atoms. The van der Waals surface area contributed by atoms with E-state index < -0.39 is 170 Å². The second kappa shape index (κ2) is 34.6. The normalized spacial score (nSPS) is 24.8. The van der Waals surface area contributed by atoms with E-state index in [0.717, 1.165) is 31.8 Å². The maximum absolute atomic E-state index is 14.3. The summed E-state index contributed by atoms with van der Waals surface area (Å²) in [6.45, 7) is 16.2. The molecule has 0 radical (unpaired) electrons.